The zero-order chi connectivity index (χ0) is 99.8. The minimum absolute atomic E-state index is 0.00217. The van der Waals surface area contributed by atoms with Crippen LogP contribution in [-0.2, 0) is 109 Å². The number of aliphatic hydroxyl groups excluding tert-OH is 2. The van der Waals surface area contributed by atoms with E-state index in [0.29, 0.717) is 34.9 Å². The summed E-state index contributed by atoms with van der Waals surface area (Å²) in [5.41, 5.74) is 24.1. The van der Waals surface area contributed by atoms with Gasteiger partial charge in [0.05, 0.1) is 37.8 Å². The number of hydrogen-bond acceptors (Lipinski definition) is 25. The van der Waals surface area contributed by atoms with Gasteiger partial charge in [-0.15, -0.1) is 0 Å². The number of Topliss-reactive ketones (excluding diaryl/α,β-unsaturated/α-hetero) is 1. The third-order valence-corrected chi connectivity index (χ3v) is 24.5. The number of nitrogens with one attached hydrogen (secondary N) is 19. The van der Waals surface area contributed by atoms with Crippen LogP contribution in [0.5, 0.6) is 0 Å². The van der Waals surface area contributed by atoms with Crippen LogP contribution in [0, 0.1) is 10.8 Å². The molecule has 45 nitrogen and oxygen atoms in total. The number of hydrogen-bond donors (Lipinski definition) is 25. The van der Waals surface area contributed by atoms with E-state index in [0.717, 1.165) is 38.4 Å². The van der Waals surface area contributed by atoms with Gasteiger partial charge in [-0.05, 0) is 107 Å². The zero-order valence-electron chi connectivity index (χ0n) is 77.5. The summed E-state index contributed by atoms with van der Waals surface area (Å²) < 4.78 is 53.3. The highest BCUT2D eigenvalue weighted by molar-refractivity contribution is 7.90. The fourth-order valence-electron chi connectivity index (χ4n) is 14.6. The first-order chi connectivity index (χ1) is 64.2. The fraction of sp³-hybridized carbons (Fsp3) is 0.636. The lowest BCUT2D eigenvalue weighted by Gasteiger charge is -2.28. The average molecular weight is 1940 g/mol. The van der Waals surface area contributed by atoms with Crippen LogP contribution < -0.4 is 107 Å². The van der Waals surface area contributed by atoms with Crippen LogP contribution in [-0.4, -0.2) is 269 Å². The topological polar surface area (TPSA) is 742 Å². The number of aliphatic hydroxyl groups is 2. The van der Waals surface area contributed by atoms with Crippen molar-refractivity contribution in [2.24, 2.45) is 22.9 Å². The molecule has 754 valence electrons. The van der Waals surface area contributed by atoms with Crippen molar-refractivity contribution < 1.29 is 104 Å². The van der Waals surface area contributed by atoms with Crippen molar-refractivity contribution in [2.45, 2.75) is 292 Å². The normalized spacial score (nSPS) is 18.1. The van der Waals surface area contributed by atoms with Crippen molar-refractivity contribution in [3.8, 4) is 0 Å². The first-order valence-electron chi connectivity index (χ1n) is 46.3. The summed E-state index contributed by atoms with van der Waals surface area (Å²) in [6, 6.07) is -3.37. The molecular formula is C88H143N23O22S2. The van der Waals surface area contributed by atoms with Gasteiger partial charge in [-0.3, -0.25) is 92.3 Å². The molecule has 3 aromatic rings. The number of sulfone groups is 1. The summed E-state index contributed by atoms with van der Waals surface area (Å²) in [5.74, 6) is -18.4. The molecule has 0 spiro atoms. The lowest BCUT2D eigenvalue weighted by Crippen LogP contribution is -2.61. The summed E-state index contributed by atoms with van der Waals surface area (Å²) in [4.78, 5) is 227. The molecule has 135 heavy (non-hydrogen) atoms. The van der Waals surface area contributed by atoms with Crippen molar-refractivity contribution in [1.82, 2.24) is 89.5 Å². The molecule has 0 saturated carbocycles. The molecule has 0 aliphatic carbocycles. The number of para-hydroxylation sites is 1. The van der Waals surface area contributed by atoms with E-state index in [1.807, 2.05) is 4.72 Å². The Morgan fingerprint density at radius 2 is 0.978 bits per heavy atom. The molecule has 1 aliphatic rings. The van der Waals surface area contributed by atoms with Gasteiger partial charge >= 0.3 is 0 Å². The largest absolute Gasteiger partial charge is 0.394 e. The number of primary amides is 2. The number of fused-ring (bicyclic) bond motifs is 1. The Bertz CT molecular complexity index is 4620. The fourth-order valence-corrected chi connectivity index (χ4v) is 16.4. The number of H-pyrrole nitrogens is 1. The van der Waals surface area contributed by atoms with E-state index >= 15 is 14.4 Å². The molecule has 4 unspecified atom stereocenters. The number of carbonyl (C=O) groups excluding carboxylic acids is 16. The summed E-state index contributed by atoms with van der Waals surface area (Å²) in [7, 11) is -8.11. The van der Waals surface area contributed by atoms with Gasteiger partial charge in [0, 0.05) is 75.0 Å². The molecular weight excluding hydrogens is 1800 g/mol. The maximum atomic E-state index is 15.0. The number of benzene rings is 2. The van der Waals surface area contributed by atoms with Crippen LogP contribution in [0.4, 0.5) is 0 Å². The second kappa shape index (κ2) is 63.3. The number of aromatic amines is 1. The average Bonchev–Trinajstić information content (AvgIpc) is 1.67. The van der Waals surface area contributed by atoms with Crippen molar-refractivity contribution >= 4 is 137 Å². The molecule has 1 fully saturated rings. The smallest absolute Gasteiger partial charge is 0.245 e. The number of carbonyl (C=O) groups is 16. The molecule has 4 rings (SSSR count). The second-order valence-electron chi connectivity index (χ2n) is 33.8. The molecule has 29 N–H and O–H groups in total. The first kappa shape index (κ1) is 115. The number of unbranched alkanes of at least 4 members (excludes halogenated alkanes) is 13. The van der Waals surface area contributed by atoms with E-state index < -0.39 is 262 Å². The summed E-state index contributed by atoms with van der Waals surface area (Å²) in [6.07, 6.45) is 12.9. The van der Waals surface area contributed by atoms with Crippen molar-refractivity contribution in [1.29, 1.82) is 10.8 Å². The second-order valence-corrected chi connectivity index (χ2v) is 37.9. The van der Waals surface area contributed by atoms with Crippen LogP contribution in [0.2, 0.25) is 0 Å². The number of ketones is 1. The molecule has 47 heteroatoms. The molecule has 2 aromatic carbocycles. The third kappa shape index (κ3) is 48.2. The Kier molecular flexibility index (Phi) is 54.1. The Labute approximate surface area is 787 Å². The maximum absolute atomic E-state index is 15.0. The Balaban J connectivity index is 1.58. The highest BCUT2D eigenvalue weighted by Crippen LogP contribution is 2.21. The first-order valence-corrected chi connectivity index (χ1v) is 50.0. The number of rotatable bonds is 56. The number of sulfonamides is 1. The Morgan fingerprint density at radius 3 is 1.56 bits per heavy atom. The number of amides is 15. The maximum Gasteiger partial charge on any atom is 0.245 e. The van der Waals surface area contributed by atoms with Crippen LogP contribution in [0.3, 0.4) is 0 Å². The van der Waals surface area contributed by atoms with Gasteiger partial charge in [0.25, 0.3) is 0 Å². The van der Waals surface area contributed by atoms with Crippen molar-refractivity contribution in [3.05, 3.63) is 71.9 Å². The quantitative estimate of drug-likeness (QED) is 0.0153. The molecule has 1 saturated heterocycles. The van der Waals surface area contributed by atoms with Gasteiger partial charge in [0.15, 0.2) is 11.9 Å². The number of nitrogens with two attached hydrogens (primary N) is 4. The van der Waals surface area contributed by atoms with E-state index in [1.54, 1.807) is 67.7 Å². The molecule has 1 aromatic heterocycles. The van der Waals surface area contributed by atoms with Gasteiger partial charge in [-0.1, -0.05) is 152 Å². The third-order valence-electron chi connectivity index (χ3n) is 22.2. The predicted octanol–water partition coefficient (Wildman–Crippen LogP) is -2.88. The summed E-state index contributed by atoms with van der Waals surface area (Å²) in [5, 5.41) is 74.9. The highest BCUT2D eigenvalue weighted by atomic mass is 32.2. The van der Waals surface area contributed by atoms with E-state index in [-0.39, 0.29) is 110 Å². The van der Waals surface area contributed by atoms with E-state index in [2.05, 4.69) is 91.7 Å². The van der Waals surface area contributed by atoms with Crippen LogP contribution in [0.25, 0.3) is 10.9 Å². The molecule has 11 atom stereocenters. The molecule has 0 radical (unpaired) electrons. The minimum atomic E-state index is -4.12. The van der Waals surface area contributed by atoms with Gasteiger partial charge in [-0.25, -0.2) is 16.8 Å². The minimum Gasteiger partial charge on any atom is -0.394 e. The van der Waals surface area contributed by atoms with E-state index in [1.165, 1.54) is 44.9 Å². The van der Waals surface area contributed by atoms with Crippen LogP contribution in [0.1, 0.15) is 224 Å². The van der Waals surface area contributed by atoms with Gasteiger partial charge in [0.1, 0.15) is 82.1 Å². The van der Waals surface area contributed by atoms with Gasteiger partial charge < -0.3 is 118 Å². The number of aromatic nitrogens is 1. The molecule has 2 heterocycles. The zero-order valence-corrected chi connectivity index (χ0v) is 79.1. The molecule has 0 bridgehead atoms. The Hall–Kier alpha value is -12.0. The number of guanidine groups is 2. The molecule has 1 aliphatic heterocycles. The van der Waals surface area contributed by atoms with Crippen LogP contribution >= 0.6 is 0 Å². The van der Waals surface area contributed by atoms with E-state index in [4.69, 9.17) is 33.8 Å². The van der Waals surface area contributed by atoms with Crippen LogP contribution in [0.15, 0.2) is 60.8 Å². The monoisotopic (exact) mass is 1940 g/mol. The lowest BCUT2D eigenvalue weighted by molar-refractivity contribution is -0.137. The summed E-state index contributed by atoms with van der Waals surface area (Å²) >= 11 is 0. The van der Waals surface area contributed by atoms with E-state index in [9.17, 15) is 89.4 Å². The molecule has 15 amide bonds. The SMILES string of the molecule is CCCCCCCCCCCCCCCC(=O)NS(=O)(=O)CCCC(=O)NCC(=O)NC(CO)C(=O)N[C@@H](CCC(N)=O)C(=O)NC(CCCNC(=N)N)C(=O)NC(CO)C(=O)N[C@@H](CCCC)C(=O)N[C@H]1CCC(=O)CNCCCC[C@@H](C(N)=O)NC(=O)[C@H](Cc2c[nH]c3ccccc23)NC(=O)[C@H](CCCNC(=N)N)NC(=O)[C@@H](Cc2ccccc2)NC(=O)C(CCS(C)(=O)=O)NC1=O. The highest BCUT2D eigenvalue weighted by Gasteiger charge is 2.38. The van der Waals surface area contributed by atoms with Gasteiger partial charge in [0.2, 0.25) is 98.6 Å². The van der Waals surface area contributed by atoms with Crippen molar-refractivity contribution in [2.75, 3.05) is 63.7 Å². The van der Waals surface area contributed by atoms with Crippen molar-refractivity contribution in [3.63, 3.8) is 0 Å². The Morgan fingerprint density at radius 1 is 0.481 bits per heavy atom. The van der Waals surface area contributed by atoms with Gasteiger partial charge in [-0.2, -0.15) is 0 Å². The summed E-state index contributed by atoms with van der Waals surface area (Å²) in [6.45, 7) is 0.492. The lowest BCUT2D eigenvalue weighted by atomic mass is 10.0. The predicted molar refractivity (Wildman–Crippen MR) is 503 cm³/mol. The standard InChI is InChI=1S/C88H143N23O22S2/c1-4-6-8-9-10-11-12-13-14-15-16-17-21-37-74(117)111-135(132,133)47-28-38-73(116)99-53-75(118)100-70(54-112)85(128)106-66(41-42-72(89)115)81(124)102-64(36-27-46-97-88(93)94)79(122)110-71(55-113)86(129)104-62(32-7-5-2)77(120)105-65-40-39-58(114)52-95-44-25-24-34-61(76(90)119)101-84(127)69(50-57-51-98-60-33-23-22-31-59(57)60)109-78(121)63(35-26-45-96-87(91)92)103-83(126)68(49-56-29-19-18-20-30-56)108-82(125)67(107-80(65)123)43-48-134(3,130)131/h18-20,22-23,29-31,33,51,61-71,95,98,112-113H,4-17,21,24-28,32,34-50,52-55H2,1-3H3,(H2,89,115)(H2,90,119)(H,99,116)(H,100,118)(H,101,127)(H,102,124)(H,103,126)(H,104,129)(H,105,120)(H,106,128)(H,107,123)(H,108,125)(H,109,121)(H,110,122)(H,111,117)(H4,91,92,96)(H4,93,94,97)/t61-,62-,63-,64?,65-,66-,67?,68+,69-,70?,71?/m0/s1.